The van der Waals surface area contributed by atoms with E-state index >= 15 is 0 Å². The molecule has 1 aromatic heterocycles. The third-order valence-electron chi connectivity index (χ3n) is 4.79. The van der Waals surface area contributed by atoms with E-state index in [2.05, 4.69) is 10.3 Å². The summed E-state index contributed by atoms with van der Waals surface area (Å²) in [5.41, 5.74) is 4.50. The standard InChI is InChI=1S/C25H18Cl2N2OS/c1-31-19-10-11-20(21(15-19)16-5-7-17(26)8-6-16)25(30)29-18-9-12-23(27)22(14-18)24-4-2-3-13-28-24/h2-15H,1H3,(H,29,30). The number of halogens is 2. The second-order valence-corrected chi connectivity index (χ2v) is 8.51. The van der Waals surface area contributed by atoms with E-state index in [1.54, 1.807) is 30.1 Å². The van der Waals surface area contributed by atoms with Crippen LogP contribution in [-0.4, -0.2) is 17.1 Å². The van der Waals surface area contributed by atoms with Gasteiger partial charge in [0.1, 0.15) is 0 Å². The first-order chi connectivity index (χ1) is 15.0. The first-order valence-corrected chi connectivity index (χ1v) is 11.5. The van der Waals surface area contributed by atoms with Crippen LogP contribution >= 0.6 is 35.0 Å². The molecule has 154 valence electrons. The molecule has 1 N–H and O–H groups in total. The molecular weight excluding hydrogens is 447 g/mol. The quantitative estimate of drug-likeness (QED) is 0.307. The minimum atomic E-state index is -0.202. The van der Waals surface area contributed by atoms with Gasteiger partial charge >= 0.3 is 0 Å². The van der Waals surface area contributed by atoms with Gasteiger partial charge in [-0.3, -0.25) is 9.78 Å². The lowest BCUT2D eigenvalue weighted by atomic mass is 9.99. The van der Waals surface area contributed by atoms with E-state index in [1.807, 2.05) is 73.0 Å². The van der Waals surface area contributed by atoms with Crippen molar-refractivity contribution in [2.75, 3.05) is 11.6 Å². The fraction of sp³-hybridized carbons (Fsp3) is 0.0400. The molecule has 0 fully saturated rings. The van der Waals surface area contributed by atoms with Crippen LogP contribution in [-0.2, 0) is 0 Å². The van der Waals surface area contributed by atoms with Crippen molar-refractivity contribution in [1.82, 2.24) is 4.98 Å². The molecule has 0 unspecified atom stereocenters. The summed E-state index contributed by atoms with van der Waals surface area (Å²) >= 11 is 14.0. The number of carbonyl (C=O) groups excluding carboxylic acids is 1. The molecule has 6 heteroatoms. The van der Waals surface area contributed by atoms with Gasteiger partial charge in [-0.2, -0.15) is 0 Å². The van der Waals surface area contributed by atoms with Gasteiger partial charge in [-0.25, -0.2) is 0 Å². The summed E-state index contributed by atoms with van der Waals surface area (Å²) in [6, 6.07) is 24.3. The van der Waals surface area contributed by atoms with Gasteiger partial charge in [0.2, 0.25) is 0 Å². The highest BCUT2D eigenvalue weighted by atomic mass is 35.5. The van der Waals surface area contributed by atoms with Crippen LogP contribution in [0.3, 0.4) is 0 Å². The van der Waals surface area contributed by atoms with Crippen molar-refractivity contribution in [3.05, 3.63) is 101 Å². The lowest BCUT2D eigenvalue weighted by Crippen LogP contribution is -2.13. The molecule has 4 aromatic rings. The number of aromatic nitrogens is 1. The normalized spacial score (nSPS) is 10.7. The maximum absolute atomic E-state index is 13.2. The Kier molecular flexibility index (Phi) is 6.62. The minimum absolute atomic E-state index is 0.202. The highest BCUT2D eigenvalue weighted by Crippen LogP contribution is 2.32. The van der Waals surface area contributed by atoms with Crippen molar-refractivity contribution in [3.63, 3.8) is 0 Å². The van der Waals surface area contributed by atoms with E-state index < -0.39 is 0 Å². The maximum Gasteiger partial charge on any atom is 0.256 e. The van der Waals surface area contributed by atoms with Gasteiger partial charge < -0.3 is 5.32 Å². The van der Waals surface area contributed by atoms with Crippen LogP contribution in [0.5, 0.6) is 0 Å². The molecule has 0 bridgehead atoms. The van der Waals surface area contributed by atoms with Crippen molar-refractivity contribution < 1.29 is 4.79 Å². The third-order valence-corrected chi connectivity index (χ3v) is 6.10. The van der Waals surface area contributed by atoms with Crippen LogP contribution in [0.4, 0.5) is 5.69 Å². The number of pyridine rings is 1. The molecular formula is C25H18Cl2N2OS. The van der Waals surface area contributed by atoms with E-state index in [-0.39, 0.29) is 5.91 Å². The summed E-state index contributed by atoms with van der Waals surface area (Å²) in [5, 5.41) is 4.22. The number of nitrogens with zero attached hydrogens (tertiary/aromatic N) is 1. The number of nitrogens with one attached hydrogen (secondary N) is 1. The summed E-state index contributed by atoms with van der Waals surface area (Å²) in [7, 11) is 0. The smallest absolute Gasteiger partial charge is 0.256 e. The van der Waals surface area contributed by atoms with E-state index in [9.17, 15) is 4.79 Å². The lowest BCUT2D eigenvalue weighted by molar-refractivity contribution is 0.102. The number of hydrogen-bond acceptors (Lipinski definition) is 3. The lowest BCUT2D eigenvalue weighted by Gasteiger charge is -2.13. The number of rotatable bonds is 5. The molecule has 1 heterocycles. The second kappa shape index (κ2) is 9.56. The molecule has 0 aliphatic carbocycles. The van der Waals surface area contributed by atoms with Crippen molar-refractivity contribution in [3.8, 4) is 22.4 Å². The highest BCUT2D eigenvalue weighted by molar-refractivity contribution is 7.98. The number of benzene rings is 3. The maximum atomic E-state index is 13.2. The second-order valence-electron chi connectivity index (χ2n) is 6.78. The Morgan fingerprint density at radius 3 is 2.42 bits per heavy atom. The van der Waals surface area contributed by atoms with E-state index in [4.69, 9.17) is 23.2 Å². The molecule has 4 rings (SSSR count). The Bertz CT molecular complexity index is 1230. The van der Waals surface area contributed by atoms with Crippen molar-refractivity contribution in [1.29, 1.82) is 0 Å². The van der Waals surface area contributed by atoms with E-state index in [0.29, 0.717) is 21.3 Å². The molecule has 31 heavy (non-hydrogen) atoms. The molecule has 1 amide bonds. The van der Waals surface area contributed by atoms with Crippen molar-refractivity contribution in [2.24, 2.45) is 0 Å². The van der Waals surface area contributed by atoms with Crippen molar-refractivity contribution in [2.45, 2.75) is 4.90 Å². The first-order valence-electron chi connectivity index (χ1n) is 9.51. The molecule has 0 radical (unpaired) electrons. The molecule has 3 nitrogen and oxygen atoms in total. The third kappa shape index (κ3) is 4.93. The summed E-state index contributed by atoms with van der Waals surface area (Å²) in [6.45, 7) is 0. The van der Waals surface area contributed by atoms with Gasteiger partial charge in [0.15, 0.2) is 0 Å². The predicted octanol–water partition coefficient (Wildman–Crippen LogP) is 7.70. The van der Waals surface area contributed by atoms with Crippen LogP contribution in [0, 0.1) is 0 Å². The number of thioether (sulfide) groups is 1. The van der Waals surface area contributed by atoms with Gasteiger partial charge in [-0.05, 0) is 78.0 Å². The molecule has 0 spiro atoms. The van der Waals surface area contributed by atoms with Crippen molar-refractivity contribution >= 4 is 46.6 Å². The zero-order chi connectivity index (χ0) is 21.8. The van der Waals surface area contributed by atoms with Gasteiger partial charge in [-0.1, -0.05) is 41.4 Å². The number of amides is 1. The minimum Gasteiger partial charge on any atom is -0.322 e. The number of carbonyl (C=O) groups is 1. The van der Waals surface area contributed by atoms with E-state index in [0.717, 1.165) is 27.3 Å². The SMILES string of the molecule is CSc1ccc(C(=O)Nc2ccc(Cl)c(-c3ccccn3)c2)c(-c2ccc(Cl)cc2)c1. The fourth-order valence-corrected chi connectivity index (χ4v) is 4.02. The summed E-state index contributed by atoms with van der Waals surface area (Å²) in [5.74, 6) is -0.202. The van der Waals surface area contributed by atoms with Crippen LogP contribution in [0.1, 0.15) is 10.4 Å². The van der Waals surface area contributed by atoms with Crippen LogP contribution in [0.15, 0.2) is 90.0 Å². The summed E-state index contributed by atoms with van der Waals surface area (Å²) < 4.78 is 0. The Balaban J connectivity index is 1.69. The zero-order valence-corrected chi connectivity index (χ0v) is 18.9. The molecule has 0 saturated carbocycles. The highest BCUT2D eigenvalue weighted by Gasteiger charge is 2.15. The Hall–Kier alpha value is -2.79. The molecule has 0 saturated heterocycles. The van der Waals surface area contributed by atoms with Gasteiger partial charge in [0.25, 0.3) is 5.91 Å². The van der Waals surface area contributed by atoms with Gasteiger partial charge in [-0.15, -0.1) is 11.8 Å². The molecule has 0 aliphatic rings. The monoisotopic (exact) mass is 464 g/mol. The van der Waals surface area contributed by atoms with Crippen LogP contribution in [0.2, 0.25) is 10.0 Å². The molecule has 0 aliphatic heterocycles. The average molecular weight is 465 g/mol. The Morgan fingerprint density at radius 1 is 0.903 bits per heavy atom. The fourth-order valence-electron chi connectivity index (χ4n) is 3.24. The predicted molar refractivity (Wildman–Crippen MR) is 131 cm³/mol. The summed E-state index contributed by atoms with van der Waals surface area (Å²) in [6.07, 6.45) is 3.72. The number of anilines is 1. The van der Waals surface area contributed by atoms with Crippen LogP contribution in [0.25, 0.3) is 22.4 Å². The largest absolute Gasteiger partial charge is 0.322 e. The van der Waals surface area contributed by atoms with Gasteiger partial charge in [0.05, 0.1) is 10.7 Å². The van der Waals surface area contributed by atoms with Gasteiger partial charge in [0, 0.05) is 32.9 Å². The topological polar surface area (TPSA) is 42.0 Å². The average Bonchev–Trinajstić information content (AvgIpc) is 2.81. The Labute approximate surface area is 195 Å². The summed E-state index contributed by atoms with van der Waals surface area (Å²) in [4.78, 5) is 18.6. The Morgan fingerprint density at radius 2 is 1.71 bits per heavy atom. The van der Waals surface area contributed by atoms with E-state index in [1.165, 1.54) is 0 Å². The molecule has 0 atom stereocenters. The first kappa shape index (κ1) is 21.4. The number of hydrogen-bond donors (Lipinski definition) is 1. The zero-order valence-electron chi connectivity index (χ0n) is 16.6. The van der Waals surface area contributed by atoms with Crippen LogP contribution < -0.4 is 5.32 Å². The molecule has 3 aromatic carbocycles.